The highest BCUT2D eigenvalue weighted by atomic mass is 32.2. The highest BCUT2D eigenvalue weighted by Gasteiger charge is 2.39. The number of hydrogen-bond acceptors (Lipinski definition) is 3. The van der Waals surface area contributed by atoms with E-state index in [4.69, 9.17) is 0 Å². The first-order valence-corrected chi connectivity index (χ1v) is 10.4. The van der Waals surface area contributed by atoms with Gasteiger partial charge >= 0.3 is 0 Å². The van der Waals surface area contributed by atoms with Gasteiger partial charge in [-0.3, -0.25) is 4.79 Å². The summed E-state index contributed by atoms with van der Waals surface area (Å²) in [4.78, 5) is 12.8. The fourth-order valence-electron chi connectivity index (χ4n) is 3.23. The third-order valence-corrected chi connectivity index (χ3v) is 6.68. The van der Waals surface area contributed by atoms with Gasteiger partial charge in [-0.25, -0.2) is 12.8 Å². The monoisotopic (exact) mass is 390 g/mol. The summed E-state index contributed by atoms with van der Waals surface area (Å²) in [5.41, 5.74) is 1.89. The van der Waals surface area contributed by atoms with E-state index in [1.165, 1.54) is 16.4 Å². The van der Waals surface area contributed by atoms with Gasteiger partial charge in [0.05, 0.1) is 4.90 Å². The van der Waals surface area contributed by atoms with Crippen LogP contribution in [-0.4, -0.2) is 37.8 Å². The summed E-state index contributed by atoms with van der Waals surface area (Å²) in [6, 6.07) is 12.1. The number of rotatable bonds is 6. The van der Waals surface area contributed by atoms with Crippen molar-refractivity contribution in [3.63, 3.8) is 0 Å². The van der Waals surface area contributed by atoms with Crippen molar-refractivity contribution in [3.05, 3.63) is 65.5 Å². The smallest absolute Gasteiger partial charge is 0.243 e. The number of nitrogens with one attached hydrogen (secondary N) is 1. The first kappa shape index (κ1) is 19.5. The predicted octanol–water partition coefficient (Wildman–Crippen LogP) is 2.65. The molecule has 7 heteroatoms. The second kappa shape index (κ2) is 8.19. The van der Waals surface area contributed by atoms with E-state index in [0.29, 0.717) is 32.4 Å². The Morgan fingerprint density at radius 3 is 2.48 bits per heavy atom. The van der Waals surface area contributed by atoms with Gasteiger partial charge in [0.2, 0.25) is 15.9 Å². The standard InChI is InChI=1S/C20H23FN2O3S/c1-15-4-10-18(11-5-15)27(25,26)23-14-2-3-19(23)20(24)22-13-12-16-6-8-17(21)9-7-16/h4-11,19H,2-3,12-14H2,1H3,(H,22,24). The molecule has 5 nitrogen and oxygen atoms in total. The van der Waals surface area contributed by atoms with Crippen molar-refractivity contribution in [3.8, 4) is 0 Å². The molecule has 1 heterocycles. The van der Waals surface area contributed by atoms with E-state index in [0.717, 1.165) is 11.1 Å². The zero-order chi connectivity index (χ0) is 19.4. The summed E-state index contributed by atoms with van der Waals surface area (Å²) >= 11 is 0. The van der Waals surface area contributed by atoms with Crippen LogP contribution in [-0.2, 0) is 21.2 Å². The second-order valence-electron chi connectivity index (χ2n) is 6.75. The van der Waals surface area contributed by atoms with Gasteiger partial charge < -0.3 is 5.32 Å². The van der Waals surface area contributed by atoms with Gasteiger partial charge in [-0.05, 0) is 56.0 Å². The number of benzene rings is 2. The molecule has 1 saturated heterocycles. The van der Waals surface area contributed by atoms with Crippen molar-refractivity contribution in [1.82, 2.24) is 9.62 Å². The van der Waals surface area contributed by atoms with E-state index >= 15 is 0 Å². The van der Waals surface area contributed by atoms with Gasteiger partial charge in [-0.15, -0.1) is 0 Å². The quantitative estimate of drug-likeness (QED) is 0.825. The Hall–Kier alpha value is -2.25. The summed E-state index contributed by atoms with van der Waals surface area (Å²) in [6.45, 7) is 2.61. The van der Waals surface area contributed by atoms with Crippen LogP contribution in [0.5, 0.6) is 0 Å². The third kappa shape index (κ3) is 4.54. The lowest BCUT2D eigenvalue weighted by molar-refractivity contribution is -0.124. The summed E-state index contributed by atoms with van der Waals surface area (Å²) in [6.07, 6.45) is 1.72. The Bertz CT molecular complexity index is 896. The van der Waals surface area contributed by atoms with Crippen LogP contribution in [0.2, 0.25) is 0 Å². The van der Waals surface area contributed by atoms with Gasteiger partial charge in [0.15, 0.2) is 0 Å². The summed E-state index contributed by atoms with van der Waals surface area (Å²) in [5, 5.41) is 2.81. The molecule has 0 aliphatic carbocycles. The van der Waals surface area contributed by atoms with Crippen LogP contribution in [0.25, 0.3) is 0 Å². The first-order chi connectivity index (χ1) is 12.9. The predicted molar refractivity (Wildman–Crippen MR) is 101 cm³/mol. The molecule has 1 fully saturated rings. The maximum Gasteiger partial charge on any atom is 0.243 e. The molecule has 1 N–H and O–H groups in total. The fraction of sp³-hybridized carbons (Fsp3) is 0.350. The molecule has 2 aromatic carbocycles. The molecular formula is C20H23FN2O3S. The van der Waals surface area contributed by atoms with Crippen molar-refractivity contribution in [1.29, 1.82) is 0 Å². The number of hydrogen-bond donors (Lipinski definition) is 1. The zero-order valence-electron chi connectivity index (χ0n) is 15.2. The summed E-state index contributed by atoms with van der Waals surface area (Å²) < 4.78 is 40.0. The van der Waals surface area contributed by atoms with E-state index in [1.807, 2.05) is 6.92 Å². The molecule has 0 bridgehead atoms. The molecule has 1 aliphatic rings. The van der Waals surface area contributed by atoms with Gasteiger partial charge in [-0.2, -0.15) is 4.31 Å². The number of nitrogens with zero attached hydrogens (tertiary/aromatic N) is 1. The average Bonchev–Trinajstić information content (AvgIpc) is 3.14. The van der Waals surface area contributed by atoms with Crippen LogP contribution in [0.3, 0.4) is 0 Å². The normalized spacial score (nSPS) is 17.8. The molecule has 27 heavy (non-hydrogen) atoms. The molecule has 0 radical (unpaired) electrons. The lowest BCUT2D eigenvalue weighted by Crippen LogP contribution is -2.46. The Kier molecular flexibility index (Phi) is 5.92. The maximum absolute atomic E-state index is 12.9. The maximum atomic E-state index is 12.9. The van der Waals surface area contributed by atoms with Crippen molar-refractivity contribution in [2.45, 2.75) is 37.1 Å². The number of aryl methyl sites for hydroxylation is 1. The lowest BCUT2D eigenvalue weighted by Gasteiger charge is -2.23. The minimum Gasteiger partial charge on any atom is -0.354 e. The Morgan fingerprint density at radius 1 is 1.15 bits per heavy atom. The molecule has 2 aromatic rings. The van der Waals surface area contributed by atoms with Gasteiger partial charge in [0.1, 0.15) is 11.9 Å². The molecule has 0 saturated carbocycles. The minimum absolute atomic E-state index is 0.208. The van der Waals surface area contributed by atoms with E-state index in [9.17, 15) is 17.6 Å². The number of carbonyl (C=O) groups excluding carboxylic acids is 1. The highest BCUT2D eigenvalue weighted by molar-refractivity contribution is 7.89. The molecule has 1 aliphatic heterocycles. The Morgan fingerprint density at radius 2 is 1.81 bits per heavy atom. The van der Waals surface area contributed by atoms with Gasteiger partial charge in [-0.1, -0.05) is 29.8 Å². The van der Waals surface area contributed by atoms with Gasteiger partial charge in [0.25, 0.3) is 0 Å². The van der Waals surface area contributed by atoms with E-state index in [-0.39, 0.29) is 16.6 Å². The minimum atomic E-state index is -3.70. The molecule has 1 amide bonds. The molecule has 3 rings (SSSR count). The first-order valence-electron chi connectivity index (χ1n) is 8.98. The van der Waals surface area contributed by atoms with Crippen LogP contribution < -0.4 is 5.32 Å². The van der Waals surface area contributed by atoms with Crippen LogP contribution >= 0.6 is 0 Å². The van der Waals surface area contributed by atoms with Crippen LogP contribution in [0.4, 0.5) is 4.39 Å². The van der Waals surface area contributed by atoms with E-state index in [1.54, 1.807) is 36.4 Å². The Labute approximate surface area is 159 Å². The molecular weight excluding hydrogens is 367 g/mol. The number of sulfonamides is 1. The van der Waals surface area contributed by atoms with E-state index < -0.39 is 16.1 Å². The van der Waals surface area contributed by atoms with Crippen molar-refractivity contribution >= 4 is 15.9 Å². The summed E-state index contributed by atoms with van der Waals surface area (Å²) in [7, 11) is -3.70. The van der Waals surface area contributed by atoms with E-state index in [2.05, 4.69) is 5.32 Å². The third-order valence-electron chi connectivity index (χ3n) is 4.76. The average molecular weight is 390 g/mol. The largest absolute Gasteiger partial charge is 0.354 e. The van der Waals surface area contributed by atoms with Crippen molar-refractivity contribution in [2.24, 2.45) is 0 Å². The lowest BCUT2D eigenvalue weighted by atomic mass is 10.1. The van der Waals surface area contributed by atoms with Crippen molar-refractivity contribution < 1.29 is 17.6 Å². The van der Waals surface area contributed by atoms with Crippen LogP contribution in [0.1, 0.15) is 24.0 Å². The summed E-state index contributed by atoms with van der Waals surface area (Å²) in [5.74, 6) is -0.587. The molecule has 0 spiro atoms. The fourth-order valence-corrected chi connectivity index (χ4v) is 4.89. The number of carbonyl (C=O) groups is 1. The second-order valence-corrected chi connectivity index (χ2v) is 8.64. The van der Waals surface area contributed by atoms with Crippen LogP contribution in [0, 0.1) is 12.7 Å². The van der Waals surface area contributed by atoms with Gasteiger partial charge in [0, 0.05) is 13.1 Å². The number of halogens is 1. The zero-order valence-corrected chi connectivity index (χ0v) is 16.0. The van der Waals surface area contributed by atoms with Crippen LogP contribution in [0.15, 0.2) is 53.4 Å². The molecule has 144 valence electrons. The molecule has 0 aromatic heterocycles. The molecule has 1 atom stereocenters. The highest BCUT2D eigenvalue weighted by Crippen LogP contribution is 2.26. The SMILES string of the molecule is Cc1ccc(S(=O)(=O)N2CCCC2C(=O)NCCc2ccc(F)cc2)cc1. The topological polar surface area (TPSA) is 66.5 Å². The van der Waals surface area contributed by atoms with Crippen molar-refractivity contribution in [2.75, 3.05) is 13.1 Å². The Balaban J connectivity index is 1.63. The number of amides is 1. The molecule has 1 unspecified atom stereocenters.